The number of esters is 1. The van der Waals surface area contributed by atoms with Crippen LogP contribution in [0.1, 0.15) is 28.4 Å². The molecule has 2 aromatic rings. The molecule has 0 radical (unpaired) electrons. The van der Waals surface area contributed by atoms with E-state index in [-0.39, 0.29) is 23.8 Å². The van der Waals surface area contributed by atoms with Crippen LogP contribution < -0.4 is 0 Å². The largest absolute Gasteiger partial charge is 0.507 e. The Morgan fingerprint density at radius 2 is 1.83 bits per heavy atom. The Labute approximate surface area is 141 Å². The standard InChI is InChI=1S/C19H21NO4/c1-3-20(12-15-7-5-4-6-8-15)18(22)13-24-19(23)16-10-9-14(2)11-17(16)21/h4-11,21H,3,12-13H2,1-2H3. The highest BCUT2D eigenvalue weighted by Gasteiger charge is 2.17. The first-order valence-electron chi connectivity index (χ1n) is 7.79. The fraction of sp³-hybridized carbons (Fsp3) is 0.263. The van der Waals surface area contributed by atoms with Crippen molar-refractivity contribution in [3.05, 3.63) is 65.2 Å². The molecule has 0 heterocycles. The van der Waals surface area contributed by atoms with Crippen molar-refractivity contribution in [2.75, 3.05) is 13.2 Å². The number of phenolic OH excluding ortho intramolecular Hbond substituents is 1. The van der Waals surface area contributed by atoms with Gasteiger partial charge in [0.2, 0.25) is 0 Å². The minimum Gasteiger partial charge on any atom is -0.507 e. The van der Waals surface area contributed by atoms with E-state index in [1.807, 2.05) is 37.3 Å². The number of carbonyl (C=O) groups excluding carboxylic acids is 2. The van der Waals surface area contributed by atoms with E-state index in [0.29, 0.717) is 13.1 Å². The Morgan fingerprint density at radius 1 is 1.12 bits per heavy atom. The number of phenols is 1. The van der Waals surface area contributed by atoms with Crippen LogP contribution in [0.5, 0.6) is 5.75 Å². The Morgan fingerprint density at radius 3 is 2.46 bits per heavy atom. The number of rotatable bonds is 6. The summed E-state index contributed by atoms with van der Waals surface area (Å²) >= 11 is 0. The van der Waals surface area contributed by atoms with Gasteiger partial charge in [-0.1, -0.05) is 36.4 Å². The van der Waals surface area contributed by atoms with Crippen molar-refractivity contribution in [3.8, 4) is 5.75 Å². The molecule has 2 rings (SSSR count). The molecule has 0 saturated carbocycles. The van der Waals surface area contributed by atoms with Crippen molar-refractivity contribution >= 4 is 11.9 Å². The minimum atomic E-state index is -0.711. The van der Waals surface area contributed by atoms with Crippen LogP contribution in [0, 0.1) is 6.92 Å². The van der Waals surface area contributed by atoms with Gasteiger partial charge in [0.1, 0.15) is 11.3 Å². The van der Waals surface area contributed by atoms with E-state index in [4.69, 9.17) is 4.74 Å². The van der Waals surface area contributed by atoms with Gasteiger partial charge >= 0.3 is 5.97 Å². The van der Waals surface area contributed by atoms with E-state index >= 15 is 0 Å². The third-order valence-corrected chi connectivity index (χ3v) is 3.65. The number of nitrogens with zero attached hydrogens (tertiary/aromatic N) is 1. The van der Waals surface area contributed by atoms with E-state index in [2.05, 4.69) is 0 Å². The third-order valence-electron chi connectivity index (χ3n) is 3.65. The molecule has 0 atom stereocenters. The van der Waals surface area contributed by atoms with Gasteiger partial charge in [-0.25, -0.2) is 4.79 Å². The molecule has 1 N–H and O–H groups in total. The molecule has 24 heavy (non-hydrogen) atoms. The van der Waals surface area contributed by atoms with Crippen LogP contribution in [0.4, 0.5) is 0 Å². The molecule has 0 aliphatic rings. The molecule has 126 valence electrons. The van der Waals surface area contributed by atoms with E-state index in [9.17, 15) is 14.7 Å². The predicted octanol–water partition coefficient (Wildman–Crippen LogP) is 2.91. The molecule has 0 aliphatic heterocycles. The lowest BCUT2D eigenvalue weighted by Crippen LogP contribution is -2.34. The zero-order chi connectivity index (χ0) is 17.5. The highest BCUT2D eigenvalue weighted by Crippen LogP contribution is 2.19. The molecule has 0 spiro atoms. The molecule has 0 saturated heterocycles. The van der Waals surface area contributed by atoms with Crippen LogP contribution in [-0.2, 0) is 16.1 Å². The highest BCUT2D eigenvalue weighted by molar-refractivity contribution is 5.93. The van der Waals surface area contributed by atoms with Gasteiger partial charge in [-0.05, 0) is 37.1 Å². The molecule has 0 bridgehead atoms. The quantitative estimate of drug-likeness (QED) is 0.829. The molecule has 2 aromatic carbocycles. The van der Waals surface area contributed by atoms with Gasteiger partial charge in [0, 0.05) is 13.1 Å². The maximum Gasteiger partial charge on any atom is 0.342 e. The summed E-state index contributed by atoms with van der Waals surface area (Å²) < 4.78 is 5.04. The first-order chi connectivity index (χ1) is 11.5. The number of amides is 1. The first-order valence-corrected chi connectivity index (χ1v) is 7.79. The van der Waals surface area contributed by atoms with Crippen molar-refractivity contribution in [1.29, 1.82) is 0 Å². The van der Waals surface area contributed by atoms with E-state index in [1.165, 1.54) is 12.1 Å². The number of ether oxygens (including phenoxy) is 1. The Kier molecular flexibility index (Phi) is 5.95. The van der Waals surface area contributed by atoms with E-state index in [0.717, 1.165) is 11.1 Å². The second-order valence-corrected chi connectivity index (χ2v) is 5.49. The summed E-state index contributed by atoms with van der Waals surface area (Å²) in [5.74, 6) is -1.14. The van der Waals surface area contributed by atoms with Gasteiger partial charge in [-0.15, -0.1) is 0 Å². The topological polar surface area (TPSA) is 66.8 Å². The average molecular weight is 327 g/mol. The number of aryl methyl sites for hydroxylation is 1. The molecule has 5 heteroatoms. The molecule has 0 aliphatic carbocycles. The van der Waals surface area contributed by atoms with Crippen LogP contribution in [0.2, 0.25) is 0 Å². The number of hydrogen-bond acceptors (Lipinski definition) is 4. The van der Waals surface area contributed by atoms with Gasteiger partial charge in [0.05, 0.1) is 0 Å². The molecular weight excluding hydrogens is 306 g/mol. The summed E-state index contributed by atoms with van der Waals surface area (Å²) in [4.78, 5) is 25.8. The smallest absolute Gasteiger partial charge is 0.342 e. The number of hydrogen-bond donors (Lipinski definition) is 1. The van der Waals surface area contributed by atoms with Crippen molar-refractivity contribution < 1.29 is 19.4 Å². The van der Waals surface area contributed by atoms with Gasteiger partial charge in [0.25, 0.3) is 5.91 Å². The monoisotopic (exact) mass is 327 g/mol. The fourth-order valence-corrected chi connectivity index (χ4v) is 2.29. The second-order valence-electron chi connectivity index (χ2n) is 5.49. The Balaban J connectivity index is 1.94. The van der Waals surface area contributed by atoms with Crippen LogP contribution in [0.15, 0.2) is 48.5 Å². The number of carbonyl (C=O) groups is 2. The Hall–Kier alpha value is -2.82. The summed E-state index contributed by atoms with van der Waals surface area (Å²) in [5, 5.41) is 9.78. The van der Waals surface area contributed by atoms with Crippen molar-refractivity contribution in [2.24, 2.45) is 0 Å². The summed E-state index contributed by atoms with van der Waals surface area (Å²) in [7, 11) is 0. The lowest BCUT2D eigenvalue weighted by molar-refractivity contribution is -0.134. The van der Waals surface area contributed by atoms with Crippen LogP contribution in [0.3, 0.4) is 0 Å². The average Bonchev–Trinajstić information content (AvgIpc) is 2.58. The summed E-state index contributed by atoms with van der Waals surface area (Å²) in [5.41, 5.74) is 1.90. The summed E-state index contributed by atoms with van der Waals surface area (Å²) in [6, 6.07) is 14.3. The molecule has 1 amide bonds. The molecule has 0 fully saturated rings. The molecule has 5 nitrogen and oxygen atoms in total. The van der Waals surface area contributed by atoms with E-state index < -0.39 is 5.97 Å². The third kappa shape index (κ3) is 4.59. The minimum absolute atomic E-state index is 0.0551. The van der Waals surface area contributed by atoms with Crippen molar-refractivity contribution in [2.45, 2.75) is 20.4 Å². The zero-order valence-electron chi connectivity index (χ0n) is 13.9. The maximum absolute atomic E-state index is 12.2. The van der Waals surface area contributed by atoms with Gasteiger partial charge in [0.15, 0.2) is 6.61 Å². The zero-order valence-corrected chi connectivity index (χ0v) is 13.9. The first kappa shape index (κ1) is 17.5. The number of aromatic hydroxyl groups is 1. The normalized spacial score (nSPS) is 10.2. The van der Waals surface area contributed by atoms with Crippen molar-refractivity contribution in [1.82, 2.24) is 4.90 Å². The summed E-state index contributed by atoms with van der Waals surface area (Å²) in [6.45, 7) is 4.30. The van der Waals surface area contributed by atoms with Gasteiger partial charge < -0.3 is 14.7 Å². The highest BCUT2D eigenvalue weighted by atomic mass is 16.5. The second kappa shape index (κ2) is 8.15. The molecular formula is C19H21NO4. The molecule has 0 aromatic heterocycles. The molecule has 0 unspecified atom stereocenters. The number of benzene rings is 2. The van der Waals surface area contributed by atoms with E-state index in [1.54, 1.807) is 17.9 Å². The fourth-order valence-electron chi connectivity index (χ4n) is 2.29. The maximum atomic E-state index is 12.2. The van der Waals surface area contributed by atoms with Gasteiger partial charge in [-0.3, -0.25) is 4.79 Å². The number of likely N-dealkylation sites (N-methyl/N-ethyl adjacent to an activating group) is 1. The van der Waals surface area contributed by atoms with Crippen molar-refractivity contribution in [3.63, 3.8) is 0 Å². The SMILES string of the molecule is CCN(Cc1ccccc1)C(=O)COC(=O)c1ccc(C)cc1O. The van der Waals surface area contributed by atoms with Crippen LogP contribution in [-0.4, -0.2) is 35.0 Å². The summed E-state index contributed by atoms with van der Waals surface area (Å²) in [6.07, 6.45) is 0. The predicted molar refractivity (Wildman–Crippen MR) is 90.7 cm³/mol. The lowest BCUT2D eigenvalue weighted by atomic mass is 10.1. The van der Waals surface area contributed by atoms with Crippen LogP contribution in [0.25, 0.3) is 0 Å². The van der Waals surface area contributed by atoms with Gasteiger partial charge in [-0.2, -0.15) is 0 Å². The Bertz CT molecular complexity index is 713. The lowest BCUT2D eigenvalue weighted by Gasteiger charge is -2.21. The van der Waals surface area contributed by atoms with Crippen LogP contribution >= 0.6 is 0 Å².